The Kier molecular flexibility index (Phi) is 7.06. The van der Waals surface area contributed by atoms with E-state index in [1.54, 1.807) is 60.9 Å². The predicted octanol–water partition coefficient (Wildman–Crippen LogP) is 4.07. The Balaban J connectivity index is 1.61. The van der Waals surface area contributed by atoms with E-state index >= 15 is 0 Å². The average Bonchev–Trinajstić information content (AvgIpc) is 2.70. The van der Waals surface area contributed by atoms with Crippen LogP contribution in [0.1, 0.15) is 23.3 Å². The third kappa shape index (κ3) is 5.56. The normalized spacial score (nSPS) is 13.0. The van der Waals surface area contributed by atoms with Gasteiger partial charge in [0.15, 0.2) is 11.6 Å². The SMILES string of the molecule is O[C@H](CNc1nccnc1NC[C@@H](O)c1cccc(Cl)c1)c1cccc(Cl)c1. The fraction of sp³-hybridized carbons (Fsp3) is 0.200. The molecule has 0 aliphatic rings. The molecule has 2 atom stereocenters. The summed E-state index contributed by atoms with van der Waals surface area (Å²) in [5.41, 5.74) is 1.41. The van der Waals surface area contributed by atoms with Gasteiger partial charge in [0.05, 0.1) is 12.2 Å². The van der Waals surface area contributed by atoms with Crippen molar-refractivity contribution in [3.05, 3.63) is 82.1 Å². The molecule has 0 aliphatic carbocycles. The minimum atomic E-state index is -0.759. The quantitative estimate of drug-likeness (QED) is 0.440. The predicted molar refractivity (Wildman–Crippen MR) is 112 cm³/mol. The Morgan fingerprint density at radius 3 is 1.57 bits per heavy atom. The second kappa shape index (κ2) is 9.71. The third-order valence-corrected chi connectivity index (χ3v) is 4.56. The van der Waals surface area contributed by atoms with Crippen molar-refractivity contribution in [1.82, 2.24) is 9.97 Å². The molecule has 0 unspecified atom stereocenters. The highest BCUT2D eigenvalue weighted by atomic mass is 35.5. The zero-order valence-electron chi connectivity index (χ0n) is 14.9. The maximum absolute atomic E-state index is 10.3. The molecule has 0 saturated heterocycles. The van der Waals surface area contributed by atoms with Crippen LogP contribution in [0.5, 0.6) is 0 Å². The van der Waals surface area contributed by atoms with Gasteiger partial charge in [0.1, 0.15) is 0 Å². The van der Waals surface area contributed by atoms with E-state index in [0.717, 1.165) is 0 Å². The van der Waals surface area contributed by atoms with E-state index in [2.05, 4.69) is 20.6 Å². The van der Waals surface area contributed by atoms with E-state index in [1.807, 2.05) is 0 Å². The Labute approximate surface area is 173 Å². The fourth-order valence-electron chi connectivity index (χ4n) is 2.65. The summed E-state index contributed by atoms with van der Waals surface area (Å²) in [4.78, 5) is 8.50. The number of aliphatic hydroxyl groups excluding tert-OH is 2. The maximum atomic E-state index is 10.3. The van der Waals surface area contributed by atoms with Crippen LogP contribution in [0.15, 0.2) is 60.9 Å². The molecule has 146 valence electrons. The van der Waals surface area contributed by atoms with Gasteiger partial charge < -0.3 is 20.8 Å². The first-order valence-corrected chi connectivity index (χ1v) is 9.44. The highest BCUT2D eigenvalue weighted by Gasteiger charge is 2.13. The van der Waals surface area contributed by atoms with Crippen molar-refractivity contribution in [2.24, 2.45) is 0 Å². The monoisotopic (exact) mass is 418 g/mol. The van der Waals surface area contributed by atoms with Crippen LogP contribution < -0.4 is 10.6 Å². The fourth-order valence-corrected chi connectivity index (χ4v) is 3.04. The smallest absolute Gasteiger partial charge is 0.169 e. The van der Waals surface area contributed by atoms with E-state index in [-0.39, 0.29) is 13.1 Å². The molecule has 1 heterocycles. The number of aliphatic hydroxyl groups is 2. The summed E-state index contributed by atoms with van der Waals surface area (Å²) in [6, 6.07) is 14.1. The molecule has 0 saturated carbocycles. The van der Waals surface area contributed by atoms with Crippen molar-refractivity contribution >= 4 is 34.8 Å². The molecule has 0 amide bonds. The van der Waals surface area contributed by atoms with Gasteiger partial charge in [-0.2, -0.15) is 0 Å². The summed E-state index contributed by atoms with van der Waals surface area (Å²) in [6.07, 6.45) is 1.58. The van der Waals surface area contributed by atoms with Gasteiger partial charge in [0, 0.05) is 35.5 Å². The molecule has 0 fully saturated rings. The highest BCUT2D eigenvalue weighted by molar-refractivity contribution is 6.30. The van der Waals surface area contributed by atoms with Crippen LogP contribution in [0.4, 0.5) is 11.6 Å². The molecule has 8 heteroatoms. The van der Waals surface area contributed by atoms with Crippen LogP contribution in [0.3, 0.4) is 0 Å². The molecule has 28 heavy (non-hydrogen) atoms. The first-order chi connectivity index (χ1) is 13.5. The van der Waals surface area contributed by atoms with Gasteiger partial charge in [-0.1, -0.05) is 47.5 Å². The van der Waals surface area contributed by atoms with Crippen LogP contribution in [0.2, 0.25) is 10.0 Å². The molecule has 0 radical (unpaired) electrons. The van der Waals surface area contributed by atoms with Crippen LogP contribution in [0.25, 0.3) is 0 Å². The van der Waals surface area contributed by atoms with Crippen molar-refractivity contribution in [1.29, 1.82) is 0 Å². The van der Waals surface area contributed by atoms with Gasteiger partial charge in [-0.3, -0.25) is 0 Å². The van der Waals surface area contributed by atoms with Crippen molar-refractivity contribution in [3.8, 4) is 0 Å². The molecule has 2 aromatic carbocycles. The second-order valence-electron chi connectivity index (χ2n) is 6.16. The number of hydrogen-bond acceptors (Lipinski definition) is 6. The van der Waals surface area contributed by atoms with Crippen molar-refractivity contribution in [2.75, 3.05) is 23.7 Å². The van der Waals surface area contributed by atoms with Crippen molar-refractivity contribution in [3.63, 3.8) is 0 Å². The molecule has 4 N–H and O–H groups in total. The summed E-state index contributed by atoms with van der Waals surface area (Å²) in [5, 5.41) is 28.0. The number of nitrogens with one attached hydrogen (secondary N) is 2. The minimum absolute atomic E-state index is 0.227. The second-order valence-corrected chi connectivity index (χ2v) is 7.03. The Morgan fingerprint density at radius 2 is 1.18 bits per heavy atom. The number of nitrogens with zero attached hydrogens (tertiary/aromatic N) is 2. The van der Waals surface area contributed by atoms with E-state index < -0.39 is 12.2 Å². The Morgan fingerprint density at radius 1 is 0.750 bits per heavy atom. The van der Waals surface area contributed by atoms with Gasteiger partial charge in [-0.15, -0.1) is 0 Å². The van der Waals surface area contributed by atoms with Crippen LogP contribution >= 0.6 is 23.2 Å². The number of hydrogen-bond donors (Lipinski definition) is 4. The van der Waals surface area contributed by atoms with Gasteiger partial charge in [0.2, 0.25) is 0 Å². The lowest BCUT2D eigenvalue weighted by atomic mass is 10.1. The van der Waals surface area contributed by atoms with E-state index in [9.17, 15) is 10.2 Å². The molecule has 0 spiro atoms. The van der Waals surface area contributed by atoms with Gasteiger partial charge >= 0.3 is 0 Å². The number of halogens is 2. The first kappa shape index (κ1) is 20.4. The summed E-state index contributed by atoms with van der Waals surface area (Å²) in [5.74, 6) is 0.948. The lowest BCUT2D eigenvalue weighted by Gasteiger charge is -2.17. The molecule has 0 aliphatic heterocycles. The van der Waals surface area contributed by atoms with Crippen molar-refractivity contribution < 1.29 is 10.2 Å². The summed E-state index contributed by atoms with van der Waals surface area (Å²) in [6.45, 7) is 0.453. The minimum Gasteiger partial charge on any atom is -0.387 e. The molecular weight excluding hydrogens is 399 g/mol. The number of anilines is 2. The molecule has 0 bridgehead atoms. The standard InChI is InChI=1S/C20H20Cl2N4O2/c21-15-5-1-3-13(9-15)17(27)11-25-19-20(24-8-7-23-19)26-12-18(28)14-4-2-6-16(22)10-14/h1-10,17-18,27-28H,11-12H2,(H,23,25)(H,24,26)/t17-,18-/m1/s1. The van der Waals surface area contributed by atoms with E-state index in [4.69, 9.17) is 23.2 Å². The Hall–Kier alpha value is -2.38. The highest BCUT2D eigenvalue weighted by Crippen LogP contribution is 2.22. The maximum Gasteiger partial charge on any atom is 0.169 e. The summed E-state index contributed by atoms with van der Waals surface area (Å²) >= 11 is 11.9. The zero-order chi connectivity index (χ0) is 19.9. The first-order valence-electron chi connectivity index (χ1n) is 8.68. The summed E-state index contributed by atoms with van der Waals surface area (Å²) < 4.78 is 0. The lowest BCUT2D eigenvalue weighted by Crippen LogP contribution is -2.17. The number of benzene rings is 2. The topological polar surface area (TPSA) is 90.3 Å². The van der Waals surface area contributed by atoms with E-state index in [0.29, 0.717) is 32.8 Å². The molecular formula is C20H20Cl2N4O2. The largest absolute Gasteiger partial charge is 0.387 e. The number of aromatic nitrogens is 2. The summed E-state index contributed by atoms with van der Waals surface area (Å²) in [7, 11) is 0. The van der Waals surface area contributed by atoms with Crippen LogP contribution in [-0.4, -0.2) is 33.3 Å². The van der Waals surface area contributed by atoms with Crippen molar-refractivity contribution in [2.45, 2.75) is 12.2 Å². The zero-order valence-corrected chi connectivity index (χ0v) is 16.4. The number of rotatable bonds is 8. The van der Waals surface area contributed by atoms with Crippen LogP contribution in [-0.2, 0) is 0 Å². The van der Waals surface area contributed by atoms with Gasteiger partial charge in [0.25, 0.3) is 0 Å². The van der Waals surface area contributed by atoms with Crippen LogP contribution in [0, 0.1) is 0 Å². The molecule has 1 aromatic heterocycles. The van der Waals surface area contributed by atoms with Gasteiger partial charge in [-0.05, 0) is 35.4 Å². The Bertz CT molecular complexity index is 851. The third-order valence-electron chi connectivity index (χ3n) is 4.09. The molecule has 3 rings (SSSR count). The molecule has 6 nitrogen and oxygen atoms in total. The van der Waals surface area contributed by atoms with E-state index in [1.165, 1.54) is 0 Å². The molecule has 3 aromatic rings. The average molecular weight is 419 g/mol. The lowest BCUT2D eigenvalue weighted by molar-refractivity contribution is 0.190. The van der Waals surface area contributed by atoms with Gasteiger partial charge in [-0.25, -0.2) is 9.97 Å².